The summed E-state index contributed by atoms with van der Waals surface area (Å²) >= 11 is 2.01. The Morgan fingerprint density at radius 1 is 1.03 bits per heavy atom. The molecule has 12 heteroatoms. The highest BCUT2D eigenvalue weighted by atomic mass is 32.2. The second-order valence-corrected chi connectivity index (χ2v) is 11.6. The van der Waals surface area contributed by atoms with E-state index in [1.807, 2.05) is 57.1 Å². The van der Waals surface area contributed by atoms with Crippen LogP contribution >= 0.6 is 11.8 Å². The van der Waals surface area contributed by atoms with Crippen LogP contribution in [0.25, 0.3) is 28.1 Å². The zero-order valence-electron chi connectivity index (χ0n) is 22.4. The SMILES string of the molecule is CCc1nc2ccccc2n1-c1nc(N2CCOCC2)c2nc(C(=O)N3CC(N4CCSCC4)C3)n(C)c2n1. The molecule has 3 saturated heterocycles. The van der Waals surface area contributed by atoms with E-state index in [0.717, 1.165) is 55.3 Å². The highest BCUT2D eigenvalue weighted by molar-refractivity contribution is 7.99. The minimum Gasteiger partial charge on any atom is -0.378 e. The van der Waals surface area contributed by atoms with E-state index in [9.17, 15) is 4.79 Å². The van der Waals surface area contributed by atoms with Crippen LogP contribution in [0.15, 0.2) is 24.3 Å². The zero-order chi connectivity index (χ0) is 26.5. The van der Waals surface area contributed by atoms with Crippen molar-refractivity contribution in [3.05, 3.63) is 35.9 Å². The maximum atomic E-state index is 13.6. The number of fused-ring (bicyclic) bond motifs is 2. The van der Waals surface area contributed by atoms with Crippen molar-refractivity contribution in [2.75, 3.05) is 68.9 Å². The van der Waals surface area contributed by atoms with Crippen molar-refractivity contribution >= 4 is 45.7 Å². The summed E-state index contributed by atoms with van der Waals surface area (Å²) in [6.45, 7) is 8.46. The van der Waals surface area contributed by atoms with E-state index in [2.05, 4.69) is 16.7 Å². The first kappa shape index (κ1) is 24.8. The fourth-order valence-corrected chi connectivity index (χ4v) is 6.73. The number of hydrogen-bond acceptors (Lipinski definition) is 9. The molecule has 0 unspecified atom stereocenters. The number of carbonyl (C=O) groups is 1. The van der Waals surface area contributed by atoms with E-state index in [0.29, 0.717) is 55.3 Å². The lowest BCUT2D eigenvalue weighted by Gasteiger charge is -2.46. The highest BCUT2D eigenvalue weighted by Crippen LogP contribution is 2.29. The molecule has 3 fully saturated rings. The third-order valence-corrected chi connectivity index (χ3v) is 8.99. The third kappa shape index (κ3) is 4.25. The van der Waals surface area contributed by atoms with Crippen LogP contribution in [0.2, 0.25) is 0 Å². The number of para-hydroxylation sites is 2. The normalized spacial score (nSPS) is 19.2. The molecule has 6 heterocycles. The van der Waals surface area contributed by atoms with Crippen molar-refractivity contribution in [3.8, 4) is 5.95 Å². The van der Waals surface area contributed by atoms with Gasteiger partial charge >= 0.3 is 0 Å². The number of ether oxygens (including phenoxy) is 1. The molecule has 39 heavy (non-hydrogen) atoms. The smallest absolute Gasteiger partial charge is 0.290 e. The predicted molar refractivity (Wildman–Crippen MR) is 152 cm³/mol. The second-order valence-electron chi connectivity index (χ2n) is 10.3. The number of morpholine rings is 1. The number of nitrogens with zero attached hydrogens (tertiary/aromatic N) is 9. The number of hydrogen-bond donors (Lipinski definition) is 0. The van der Waals surface area contributed by atoms with Gasteiger partial charge in [0.05, 0.1) is 24.2 Å². The molecule has 1 aromatic carbocycles. The minimum absolute atomic E-state index is 0.0464. The molecule has 0 bridgehead atoms. The first-order valence-electron chi connectivity index (χ1n) is 13.8. The minimum atomic E-state index is -0.0464. The summed E-state index contributed by atoms with van der Waals surface area (Å²) in [5.41, 5.74) is 3.17. The summed E-state index contributed by atoms with van der Waals surface area (Å²) in [5, 5.41) is 0. The Hall–Kier alpha value is -3.22. The average Bonchev–Trinajstić information content (AvgIpc) is 3.50. The van der Waals surface area contributed by atoms with Gasteiger partial charge in [0.1, 0.15) is 5.82 Å². The molecule has 3 aliphatic rings. The van der Waals surface area contributed by atoms with Crippen LogP contribution in [-0.4, -0.2) is 115 Å². The Kier molecular flexibility index (Phi) is 6.40. The number of amides is 1. The molecule has 0 saturated carbocycles. The van der Waals surface area contributed by atoms with E-state index < -0.39 is 0 Å². The lowest BCUT2D eigenvalue weighted by Crippen LogP contribution is -2.62. The Balaban J connectivity index is 1.29. The van der Waals surface area contributed by atoms with Gasteiger partial charge in [0.2, 0.25) is 11.8 Å². The van der Waals surface area contributed by atoms with Gasteiger partial charge in [-0.25, -0.2) is 9.97 Å². The van der Waals surface area contributed by atoms with Gasteiger partial charge in [0.25, 0.3) is 5.91 Å². The van der Waals surface area contributed by atoms with Gasteiger partial charge in [-0.1, -0.05) is 19.1 Å². The van der Waals surface area contributed by atoms with Crippen LogP contribution in [0.4, 0.5) is 5.82 Å². The number of anilines is 1. The molecule has 204 valence electrons. The van der Waals surface area contributed by atoms with Crippen LogP contribution in [0.5, 0.6) is 0 Å². The quantitative estimate of drug-likeness (QED) is 0.372. The molecule has 0 radical (unpaired) electrons. The molecule has 11 nitrogen and oxygen atoms in total. The van der Waals surface area contributed by atoms with E-state index in [4.69, 9.17) is 24.7 Å². The molecule has 7 rings (SSSR count). The van der Waals surface area contributed by atoms with Crippen LogP contribution in [0, 0.1) is 0 Å². The van der Waals surface area contributed by atoms with Crippen molar-refractivity contribution in [1.82, 2.24) is 38.9 Å². The van der Waals surface area contributed by atoms with Gasteiger partial charge in [0.15, 0.2) is 17.0 Å². The van der Waals surface area contributed by atoms with Crippen LogP contribution in [0.1, 0.15) is 23.4 Å². The van der Waals surface area contributed by atoms with Gasteiger partial charge in [-0.2, -0.15) is 21.7 Å². The van der Waals surface area contributed by atoms with E-state index in [-0.39, 0.29) is 5.91 Å². The summed E-state index contributed by atoms with van der Waals surface area (Å²) in [7, 11) is 1.88. The van der Waals surface area contributed by atoms with Crippen LogP contribution in [0.3, 0.4) is 0 Å². The van der Waals surface area contributed by atoms with E-state index >= 15 is 0 Å². The number of carbonyl (C=O) groups excluding carboxylic acids is 1. The molecule has 3 aliphatic heterocycles. The summed E-state index contributed by atoms with van der Waals surface area (Å²) in [6, 6.07) is 8.50. The van der Waals surface area contributed by atoms with Crippen molar-refractivity contribution < 1.29 is 9.53 Å². The second kappa shape index (κ2) is 10.1. The number of aryl methyl sites for hydroxylation is 2. The molecule has 3 aromatic heterocycles. The standard InChI is InChI=1S/C27H33N9O2S/c1-3-21-28-19-6-4-5-7-20(19)36(21)27-30-23-22(24(31-27)34-8-12-38-13-9-34)29-25(32(23)2)26(37)35-16-18(17-35)33-10-14-39-15-11-33/h4-7,18H,3,8-17H2,1-2H3. The van der Waals surface area contributed by atoms with Crippen LogP contribution in [-0.2, 0) is 18.2 Å². The Bertz CT molecular complexity index is 1530. The monoisotopic (exact) mass is 547 g/mol. The lowest BCUT2D eigenvalue weighted by molar-refractivity contribution is 0.0282. The van der Waals surface area contributed by atoms with Gasteiger partial charge in [0, 0.05) is 70.3 Å². The maximum absolute atomic E-state index is 13.6. The van der Waals surface area contributed by atoms with Crippen molar-refractivity contribution in [2.24, 2.45) is 7.05 Å². The predicted octanol–water partition coefficient (Wildman–Crippen LogP) is 1.97. The fraction of sp³-hybridized carbons (Fsp3) is 0.519. The Morgan fingerprint density at radius 3 is 2.56 bits per heavy atom. The molecule has 0 atom stereocenters. The number of imidazole rings is 2. The molecule has 0 spiro atoms. The molecular formula is C27H33N9O2S. The number of likely N-dealkylation sites (tertiary alicyclic amines) is 1. The number of rotatable bonds is 5. The molecule has 4 aromatic rings. The van der Waals surface area contributed by atoms with Crippen molar-refractivity contribution in [3.63, 3.8) is 0 Å². The number of aromatic nitrogens is 6. The average molecular weight is 548 g/mol. The molecule has 1 amide bonds. The fourth-order valence-electron chi connectivity index (χ4n) is 5.79. The van der Waals surface area contributed by atoms with Gasteiger partial charge in [-0.05, 0) is 12.1 Å². The highest BCUT2D eigenvalue weighted by Gasteiger charge is 2.37. The lowest BCUT2D eigenvalue weighted by atomic mass is 10.1. The molecule has 0 N–H and O–H groups in total. The topological polar surface area (TPSA) is 97.4 Å². The maximum Gasteiger partial charge on any atom is 0.290 e. The van der Waals surface area contributed by atoms with E-state index in [1.54, 1.807) is 0 Å². The third-order valence-electron chi connectivity index (χ3n) is 8.05. The van der Waals surface area contributed by atoms with Gasteiger partial charge in [-0.3, -0.25) is 14.3 Å². The first-order valence-corrected chi connectivity index (χ1v) is 14.9. The van der Waals surface area contributed by atoms with E-state index in [1.165, 1.54) is 11.5 Å². The van der Waals surface area contributed by atoms with Gasteiger partial charge < -0.3 is 19.1 Å². The summed E-state index contributed by atoms with van der Waals surface area (Å²) in [5.74, 6) is 4.88. The van der Waals surface area contributed by atoms with Crippen LogP contribution < -0.4 is 4.90 Å². The summed E-state index contributed by atoms with van der Waals surface area (Å²) in [6.07, 6.45) is 0.740. The zero-order valence-corrected chi connectivity index (χ0v) is 23.2. The number of benzene rings is 1. The largest absolute Gasteiger partial charge is 0.378 e. The van der Waals surface area contributed by atoms with Gasteiger partial charge in [-0.15, -0.1) is 0 Å². The molecule has 0 aliphatic carbocycles. The van der Waals surface area contributed by atoms with Crippen molar-refractivity contribution in [2.45, 2.75) is 19.4 Å². The first-order chi connectivity index (χ1) is 19.1. The molecular weight excluding hydrogens is 514 g/mol. The number of thioether (sulfide) groups is 1. The Morgan fingerprint density at radius 2 is 1.79 bits per heavy atom. The summed E-state index contributed by atoms with van der Waals surface area (Å²) in [4.78, 5) is 40.0. The Labute approximate surface area is 231 Å². The van der Waals surface area contributed by atoms with Crippen molar-refractivity contribution in [1.29, 1.82) is 0 Å². The summed E-state index contributed by atoms with van der Waals surface area (Å²) < 4.78 is 9.49.